The van der Waals surface area contributed by atoms with E-state index in [4.69, 9.17) is 16.7 Å². The molecule has 3 N–H and O–H groups in total. The van der Waals surface area contributed by atoms with Crippen molar-refractivity contribution in [2.45, 2.75) is 19.4 Å². The monoisotopic (exact) mass is 354 g/mol. The molecule has 1 aromatic heterocycles. The lowest BCUT2D eigenvalue weighted by molar-refractivity contribution is -0.137. The summed E-state index contributed by atoms with van der Waals surface area (Å²) in [6.45, 7) is 1.34. The van der Waals surface area contributed by atoms with Gasteiger partial charge in [-0.3, -0.25) is 14.4 Å². The Morgan fingerprint density at radius 1 is 1.30 bits per heavy atom. The Labute approximate surface area is 141 Å². The minimum atomic E-state index is -1.00. The first-order valence-electron chi connectivity index (χ1n) is 6.85. The Balaban J connectivity index is 1.95. The van der Waals surface area contributed by atoms with Gasteiger partial charge in [0.1, 0.15) is 4.88 Å². The van der Waals surface area contributed by atoms with Crippen molar-refractivity contribution in [1.29, 1.82) is 0 Å². The van der Waals surface area contributed by atoms with Gasteiger partial charge in [-0.2, -0.15) is 0 Å². The quantitative estimate of drug-likeness (QED) is 0.741. The van der Waals surface area contributed by atoms with Gasteiger partial charge in [-0.05, 0) is 13.0 Å². The van der Waals surface area contributed by atoms with Gasteiger partial charge in [0.05, 0.1) is 18.0 Å². The van der Waals surface area contributed by atoms with E-state index in [0.717, 1.165) is 10.1 Å². The SMILES string of the molecule is CC(CC(=O)O)NC(=O)CNC(=O)c1sc2ccccc2c1Cl. The van der Waals surface area contributed by atoms with Gasteiger partial charge in [0.2, 0.25) is 5.91 Å². The number of carboxylic acid groups (broad SMARTS) is 1. The van der Waals surface area contributed by atoms with E-state index in [-0.39, 0.29) is 13.0 Å². The molecule has 2 aromatic rings. The van der Waals surface area contributed by atoms with Crippen LogP contribution >= 0.6 is 22.9 Å². The molecule has 6 nitrogen and oxygen atoms in total. The molecule has 0 aliphatic rings. The Kier molecular flexibility index (Phi) is 5.57. The van der Waals surface area contributed by atoms with Gasteiger partial charge < -0.3 is 15.7 Å². The highest BCUT2D eigenvalue weighted by molar-refractivity contribution is 7.21. The van der Waals surface area contributed by atoms with Crippen LogP contribution in [0.2, 0.25) is 5.02 Å². The molecule has 0 spiro atoms. The van der Waals surface area contributed by atoms with Crippen LogP contribution in [-0.2, 0) is 9.59 Å². The Hall–Kier alpha value is -2.12. The number of aliphatic carboxylic acids is 1. The molecule has 1 aromatic carbocycles. The van der Waals surface area contributed by atoms with Crippen LogP contribution in [0.4, 0.5) is 0 Å². The summed E-state index contributed by atoms with van der Waals surface area (Å²) in [7, 11) is 0. The standard InChI is InChI=1S/C15H15ClN2O4S/c1-8(6-12(20)21)18-11(19)7-17-15(22)14-13(16)9-4-2-3-5-10(9)23-14/h2-5,8H,6-7H2,1H3,(H,17,22)(H,18,19)(H,20,21). The van der Waals surface area contributed by atoms with Gasteiger partial charge in [-0.15, -0.1) is 11.3 Å². The fraction of sp³-hybridized carbons (Fsp3) is 0.267. The summed E-state index contributed by atoms with van der Waals surface area (Å²) >= 11 is 7.45. The lowest BCUT2D eigenvalue weighted by Crippen LogP contribution is -2.41. The fourth-order valence-corrected chi connectivity index (χ4v) is 3.47. The molecular weight excluding hydrogens is 340 g/mol. The van der Waals surface area contributed by atoms with Crippen LogP contribution in [0.1, 0.15) is 23.0 Å². The van der Waals surface area contributed by atoms with Gasteiger partial charge in [0, 0.05) is 16.1 Å². The summed E-state index contributed by atoms with van der Waals surface area (Å²) in [6, 6.07) is 6.87. The summed E-state index contributed by atoms with van der Waals surface area (Å²) < 4.78 is 0.891. The summed E-state index contributed by atoms with van der Waals surface area (Å²) in [6.07, 6.45) is -0.179. The highest BCUT2D eigenvalue weighted by atomic mass is 35.5. The van der Waals surface area contributed by atoms with Crippen molar-refractivity contribution in [3.05, 3.63) is 34.2 Å². The number of hydrogen-bond acceptors (Lipinski definition) is 4. The number of carbonyl (C=O) groups excluding carboxylic acids is 2. The van der Waals surface area contributed by atoms with Crippen molar-refractivity contribution in [3.63, 3.8) is 0 Å². The van der Waals surface area contributed by atoms with Crippen LogP contribution in [-0.4, -0.2) is 35.5 Å². The molecule has 0 bridgehead atoms. The van der Waals surface area contributed by atoms with E-state index in [9.17, 15) is 14.4 Å². The number of hydrogen-bond donors (Lipinski definition) is 3. The predicted molar refractivity (Wildman–Crippen MR) is 89.0 cm³/mol. The second-order valence-corrected chi connectivity index (χ2v) is 6.42. The number of fused-ring (bicyclic) bond motifs is 1. The second kappa shape index (κ2) is 7.43. The molecule has 0 saturated heterocycles. The molecule has 2 amide bonds. The van der Waals surface area contributed by atoms with E-state index >= 15 is 0 Å². The van der Waals surface area contributed by atoms with Crippen molar-refractivity contribution in [2.75, 3.05) is 6.54 Å². The van der Waals surface area contributed by atoms with Crippen molar-refractivity contribution >= 4 is 50.8 Å². The van der Waals surface area contributed by atoms with Crippen LogP contribution in [0.15, 0.2) is 24.3 Å². The average molecular weight is 355 g/mol. The summed E-state index contributed by atoms with van der Waals surface area (Å²) in [5.74, 6) is -1.89. The molecule has 1 unspecified atom stereocenters. The molecule has 8 heteroatoms. The number of nitrogens with one attached hydrogen (secondary N) is 2. The number of halogens is 1. The van der Waals surface area contributed by atoms with Gasteiger partial charge in [0.15, 0.2) is 0 Å². The number of thiophene rings is 1. The maximum Gasteiger partial charge on any atom is 0.305 e. The molecule has 0 radical (unpaired) electrons. The van der Waals surface area contributed by atoms with Gasteiger partial charge in [-0.25, -0.2) is 0 Å². The molecule has 0 fully saturated rings. The minimum Gasteiger partial charge on any atom is -0.481 e. The molecule has 0 aliphatic heterocycles. The van der Waals surface area contributed by atoms with Gasteiger partial charge >= 0.3 is 5.97 Å². The average Bonchev–Trinajstić information content (AvgIpc) is 2.81. The van der Waals surface area contributed by atoms with Crippen LogP contribution < -0.4 is 10.6 Å². The smallest absolute Gasteiger partial charge is 0.305 e. The van der Waals surface area contributed by atoms with Crippen molar-refractivity contribution in [3.8, 4) is 0 Å². The largest absolute Gasteiger partial charge is 0.481 e. The van der Waals surface area contributed by atoms with Crippen LogP contribution in [0.5, 0.6) is 0 Å². The zero-order chi connectivity index (χ0) is 17.0. The predicted octanol–water partition coefficient (Wildman–Crippen LogP) is 2.26. The third-order valence-electron chi connectivity index (χ3n) is 3.04. The van der Waals surface area contributed by atoms with Gasteiger partial charge in [-0.1, -0.05) is 29.8 Å². The molecule has 1 atom stereocenters. The third kappa shape index (κ3) is 4.43. The van der Waals surface area contributed by atoms with Crippen LogP contribution in [0.25, 0.3) is 10.1 Å². The first-order valence-corrected chi connectivity index (χ1v) is 8.04. The number of rotatable bonds is 6. The Morgan fingerprint density at radius 2 is 2.00 bits per heavy atom. The molecular formula is C15H15ClN2O4S. The van der Waals surface area contributed by atoms with E-state index < -0.39 is 23.8 Å². The highest BCUT2D eigenvalue weighted by Crippen LogP contribution is 2.34. The zero-order valence-corrected chi connectivity index (χ0v) is 13.8. The zero-order valence-electron chi connectivity index (χ0n) is 12.3. The maximum absolute atomic E-state index is 12.1. The fourth-order valence-electron chi connectivity index (χ4n) is 2.04. The van der Waals surface area contributed by atoms with E-state index in [2.05, 4.69) is 10.6 Å². The molecule has 2 rings (SSSR count). The van der Waals surface area contributed by atoms with E-state index in [0.29, 0.717) is 9.90 Å². The molecule has 122 valence electrons. The number of benzene rings is 1. The van der Waals surface area contributed by atoms with Crippen LogP contribution in [0, 0.1) is 0 Å². The lowest BCUT2D eigenvalue weighted by atomic mass is 10.2. The third-order valence-corrected chi connectivity index (χ3v) is 4.71. The summed E-state index contributed by atoms with van der Waals surface area (Å²) in [4.78, 5) is 34.7. The lowest BCUT2D eigenvalue weighted by Gasteiger charge is -2.11. The number of amides is 2. The minimum absolute atomic E-state index is 0.179. The molecule has 23 heavy (non-hydrogen) atoms. The first-order chi connectivity index (χ1) is 10.9. The van der Waals surface area contributed by atoms with E-state index in [1.165, 1.54) is 11.3 Å². The highest BCUT2D eigenvalue weighted by Gasteiger charge is 2.18. The second-order valence-electron chi connectivity index (χ2n) is 4.99. The Bertz CT molecular complexity index is 759. The van der Waals surface area contributed by atoms with Gasteiger partial charge in [0.25, 0.3) is 5.91 Å². The number of carboxylic acids is 1. The maximum atomic E-state index is 12.1. The van der Waals surface area contributed by atoms with E-state index in [1.807, 2.05) is 24.3 Å². The van der Waals surface area contributed by atoms with Crippen LogP contribution in [0.3, 0.4) is 0 Å². The van der Waals surface area contributed by atoms with Crippen molar-refractivity contribution in [1.82, 2.24) is 10.6 Å². The molecule has 1 heterocycles. The molecule has 0 aliphatic carbocycles. The van der Waals surface area contributed by atoms with E-state index in [1.54, 1.807) is 6.92 Å². The summed E-state index contributed by atoms with van der Waals surface area (Å²) in [5, 5.41) is 14.8. The molecule has 0 saturated carbocycles. The van der Waals surface area contributed by atoms with Crippen molar-refractivity contribution < 1.29 is 19.5 Å². The first kappa shape index (κ1) is 17.2. The topological polar surface area (TPSA) is 95.5 Å². The van der Waals surface area contributed by atoms with Crippen molar-refractivity contribution in [2.24, 2.45) is 0 Å². The number of carbonyl (C=O) groups is 3. The summed E-state index contributed by atoms with van der Waals surface area (Å²) in [5.41, 5.74) is 0. The normalized spacial score (nSPS) is 11.9. The Morgan fingerprint density at radius 3 is 2.65 bits per heavy atom.